The summed E-state index contributed by atoms with van der Waals surface area (Å²) in [4.78, 5) is 23.4. The summed E-state index contributed by atoms with van der Waals surface area (Å²) < 4.78 is 5.83. The van der Waals surface area contributed by atoms with Crippen molar-refractivity contribution in [3.05, 3.63) is 72.9 Å². The van der Waals surface area contributed by atoms with Crippen molar-refractivity contribution in [2.75, 3.05) is 0 Å². The summed E-state index contributed by atoms with van der Waals surface area (Å²) in [5, 5.41) is 8.88. The third-order valence-electron chi connectivity index (χ3n) is 8.90. The van der Waals surface area contributed by atoms with Gasteiger partial charge in [-0.05, 0) is 89.5 Å². The van der Waals surface area contributed by atoms with Crippen LogP contribution in [-0.2, 0) is 14.3 Å². The van der Waals surface area contributed by atoms with Gasteiger partial charge in [0.1, 0.15) is 6.10 Å². The normalized spacial score (nSPS) is 13.0. The van der Waals surface area contributed by atoms with Gasteiger partial charge in [0.2, 0.25) is 0 Å². The maximum atomic E-state index is 12.6. The van der Waals surface area contributed by atoms with Crippen molar-refractivity contribution >= 4 is 11.9 Å². The number of hydrogen-bond acceptors (Lipinski definition) is 3. The average Bonchev–Trinajstić information content (AvgIpc) is 3.10. The summed E-state index contributed by atoms with van der Waals surface area (Å²) in [6, 6.07) is 0. The SMILES string of the molecule is CC/C=C\C/C=C\C/C=C\C/C=C\C(CCCCCC(=O)O)OC(=O)CCCCCCCCCCCCC/C=C\C/C=C\CCCCCCC. The van der Waals surface area contributed by atoms with Crippen molar-refractivity contribution in [2.45, 2.75) is 206 Å². The molecule has 0 aliphatic heterocycles. The van der Waals surface area contributed by atoms with Crippen molar-refractivity contribution in [3.63, 3.8) is 0 Å². The van der Waals surface area contributed by atoms with E-state index >= 15 is 0 Å². The summed E-state index contributed by atoms with van der Waals surface area (Å²) >= 11 is 0. The fourth-order valence-electron chi connectivity index (χ4n) is 5.83. The highest BCUT2D eigenvalue weighted by atomic mass is 16.5. The van der Waals surface area contributed by atoms with Gasteiger partial charge in [-0.1, -0.05) is 171 Å². The molecule has 1 atom stereocenters. The lowest BCUT2D eigenvalue weighted by Gasteiger charge is -2.14. The Morgan fingerprint density at radius 1 is 0.480 bits per heavy atom. The van der Waals surface area contributed by atoms with E-state index in [0.717, 1.165) is 64.2 Å². The minimum Gasteiger partial charge on any atom is -0.481 e. The first kappa shape index (κ1) is 47.4. The highest BCUT2D eigenvalue weighted by molar-refractivity contribution is 5.69. The first-order valence-electron chi connectivity index (χ1n) is 20.9. The van der Waals surface area contributed by atoms with Crippen molar-refractivity contribution < 1.29 is 19.4 Å². The Balaban J connectivity index is 3.93. The topological polar surface area (TPSA) is 63.6 Å². The van der Waals surface area contributed by atoms with E-state index in [1.165, 1.54) is 103 Å². The van der Waals surface area contributed by atoms with Crippen molar-refractivity contribution in [1.29, 1.82) is 0 Å². The van der Waals surface area contributed by atoms with Crippen LogP contribution in [-0.4, -0.2) is 23.1 Å². The number of carboxylic acids is 1. The zero-order chi connectivity index (χ0) is 36.4. The Morgan fingerprint density at radius 3 is 1.42 bits per heavy atom. The molecule has 1 unspecified atom stereocenters. The van der Waals surface area contributed by atoms with E-state index in [0.29, 0.717) is 12.8 Å². The Labute approximate surface area is 309 Å². The fourth-order valence-corrected chi connectivity index (χ4v) is 5.83. The lowest BCUT2D eigenvalue weighted by Crippen LogP contribution is -2.16. The van der Waals surface area contributed by atoms with Gasteiger partial charge in [0, 0.05) is 12.8 Å². The lowest BCUT2D eigenvalue weighted by molar-refractivity contribution is -0.147. The molecule has 0 saturated heterocycles. The van der Waals surface area contributed by atoms with Crippen LogP contribution in [0.3, 0.4) is 0 Å². The first-order valence-corrected chi connectivity index (χ1v) is 20.9. The van der Waals surface area contributed by atoms with E-state index in [1.807, 2.05) is 6.08 Å². The second kappa shape index (κ2) is 40.8. The molecule has 0 heterocycles. The van der Waals surface area contributed by atoms with Crippen LogP contribution in [0.4, 0.5) is 0 Å². The zero-order valence-corrected chi connectivity index (χ0v) is 32.7. The molecular weight excluding hydrogens is 617 g/mol. The van der Waals surface area contributed by atoms with Crippen LogP contribution in [0.25, 0.3) is 0 Å². The predicted molar refractivity (Wildman–Crippen MR) is 218 cm³/mol. The molecule has 0 rings (SSSR count). The van der Waals surface area contributed by atoms with E-state index in [2.05, 4.69) is 80.7 Å². The van der Waals surface area contributed by atoms with E-state index < -0.39 is 5.97 Å². The Bertz CT molecular complexity index is 922. The molecule has 0 bridgehead atoms. The Hall–Kier alpha value is -2.62. The minimum atomic E-state index is -0.751. The second-order valence-corrected chi connectivity index (χ2v) is 13.8. The van der Waals surface area contributed by atoms with Crippen LogP contribution in [0.1, 0.15) is 200 Å². The number of carbonyl (C=O) groups excluding carboxylic acids is 1. The van der Waals surface area contributed by atoms with Gasteiger partial charge >= 0.3 is 11.9 Å². The van der Waals surface area contributed by atoms with Crippen LogP contribution >= 0.6 is 0 Å². The molecule has 0 aliphatic carbocycles. The highest BCUT2D eigenvalue weighted by Crippen LogP contribution is 2.15. The lowest BCUT2D eigenvalue weighted by atomic mass is 10.0. The molecule has 0 fully saturated rings. The highest BCUT2D eigenvalue weighted by Gasteiger charge is 2.11. The molecule has 0 aromatic rings. The van der Waals surface area contributed by atoms with E-state index in [1.54, 1.807) is 0 Å². The number of allylic oxidation sites excluding steroid dienone is 11. The number of unbranched alkanes of at least 4 members (excludes halogenated alkanes) is 18. The van der Waals surface area contributed by atoms with Crippen molar-refractivity contribution in [2.24, 2.45) is 0 Å². The number of carboxylic acid groups (broad SMARTS) is 1. The summed E-state index contributed by atoms with van der Waals surface area (Å²) in [6.45, 7) is 4.41. The van der Waals surface area contributed by atoms with E-state index in [9.17, 15) is 9.59 Å². The van der Waals surface area contributed by atoms with Crippen molar-refractivity contribution in [3.8, 4) is 0 Å². The van der Waals surface area contributed by atoms with Crippen molar-refractivity contribution in [1.82, 2.24) is 0 Å². The minimum absolute atomic E-state index is 0.112. The Kier molecular flexibility index (Phi) is 38.7. The number of carbonyl (C=O) groups is 2. The van der Waals surface area contributed by atoms with Crippen LogP contribution in [0, 0.1) is 0 Å². The molecule has 0 amide bonds. The third-order valence-corrected chi connectivity index (χ3v) is 8.90. The van der Waals surface area contributed by atoms with Gasteiger partial charge in [-0.2, -0.15) is 0 Å². The second-order valence-electron chi connectivity index (χ2n) is 13.8. The number of aliphatic carboxylic acids is 1. The van der Waals surface area contributed by atoms with Gasteiger partial charge < -0.3 is 9.84 Å². The van der Waals surface area contributed by atoms with E-state index in [4.69, 9.17) is 9.84 Å². The summed E-state index contributed by atoms with van der Waals surface area (Å²) in [7, 11) is 0. The Morgan fingerprint density at radius 2 is 0.900 bits per heavy atom. The molecule has 0 aromatic heterocycles. The molecule has 1 N–H and O–H groups in total. The summed E-state index contributed by atoms with van der Waals surface area (Å²) in [5.41, 5.74) is 0. The fraction of sp³-hybridized carbons (Fsp3) is 0.696. The maximum absolute atomic E-state index is 12.6. The standard InChI is InChI=1S/C46H78O4/c1-3-5-7-9-11-13-15-16-17-18-19-20-21-22-23-24-25-26-28-30-32-34-39-43-46(49)50-44(41-37-35-38-42-45(47)48)40-36-33-31-29-27-14-12-10-8-6-4-2/h6,8,12,14-16,18-19,29,31,36,40,44H,3-5,7,9-11,13,17,20-28,30,32-35,37-39,41-43H2,1-2H3,(H,47,48)/b8-6-,14-12-,16-15-,19-18-,31-29-,40-36-. The molecule has 50 heavy (non-hydrogen) atoms. The summed E-state index contributed by atoms with van der Waals surface area (Å²) in [5.74, 6) is -0.863. The van der Waals surface area contributed by atoms with Gasteiger partial charge in [-0.3, -0.25) is 9.59 Å². The zero-order valence-electron chi connectivity index (χ0n) is 32.7. The number of hydrogen-bond donors (Lipinski definition) is 1. The van der Waals surface area contributed by atoms with Crippen LogP contribution in [0.2, 0.25) is 0 Å². The van der Waals surface area contributed by atoms with E-state index in [-0.39, 0.29) is 18.5 Å². The maximum Gasteiger partial charge on any atom is 0.306 e. The average molecular weight is 695 g/mol. The van der Waals surface area contributed by atoms with Gasteiger partial charge in [0.25, 0.3) is 0 Å². The quantitative estimate of drug-likeness (QED) is 0.0399. The molecule has 0 spiro atoms. The van der Waals surface area contributed by atoms with Gasteiger partial charge in [0.05, 0.1) is 0 Å². The van der Waals surface area contributed by atoms with Crippen LogP contribution in [0.15, 0.2) is 72.9 Å². The molecular formula is C46H78O4. The number of esters is 1. The van der Waals surface area contributed by atoms with Gasteiger partial charge in [0.15, 0.2) is 0 Å². The number of ether oxygens (including phenoxy) is 1. The largest absolute Gasteiger partial charge is 0.481 e. The molecule has 0 radical (unpaired) electrons. The molecule has 0 aliphatic rings. The monoisotopic (exact) mass is 695 g/mol. The van der Waals surface area contributed by atoms with Gasteiger partial charge in [-0.15, -0.1) is 0 Å². The van der Waals surface area contributed by atoms with Crippen LogP contribution < -0.4 is 0 Å². The first-order chi connectivity index (χ1) is 24.6. The third kappa shape index (κ3) is 39.8. The predicted octanol–water partition coefficient (Wildman–Crippen LogP) is 14.7. The smallest absolute Gasteiger partial charge is 0.306 e. The van der Waals surface area contributed by atoms with Crippen LogP contribution in [0.5, 0.6) is 0 Å². The van der Waals surface area contributed by atoms with Gasteiger partial charge in [-0.25, -0.2) is 0 Å². The molecule has 0 aromatic carbocycles. The molecule has 4 heteroatoms. The molecule has 4 nitrogen and oxygen atoms in total. The summed E-state index contributed by atoms with van der Waals surface area (Å²) in [6.07, 6.45) is 58.0. The molecule has 0 saturated carbocycles. The number of rotatable bonds is 37. The molecule has 286 valence electrons.